The molecule has 12 heteroatoms. The zero-order valence-corrected chi connectivity index (χ0v) is 13.6. The topological polar surface area (TPSA) is 116 Å². The second kappa shape index (κ2) is 7.85. The molecule has 0 radical (unpaired) electrons. The van der Waals surface area contributed by atoms with E-state index in [1.165, 1.54) is 10.6 Å². The van der Waals surface area contributed by atoms with E-state index in [4.69, 9.17) is 0 Å². The first kappa shape index (κ1) is 19.9. The number of carbonyl (C=O) groups excluding carboxylic acids is 5. The molecular formula is C15H13F3N4O5. The Morgan fingerprint density at radius 2 is 1.56 bits per heavy atom. The van der Waals surface area contributed by atoms with E-state index in [2.05, 4.69) is 0 Å². The van der Waals surface area contributed by atoms with Gasteiger partial charge in [-0.25, -0.2) is 14.5 Å². The van der Waals surface area contributed by atoms with Gasteiger partial charge in [0, 0.05) is 0 Å². The molecular weight excluding hydrogens is 373 g/mol. The van der Waals surface area contributed by atoms with Crippen LogP contribution in [0.25, 0.3) is 0 Å². The van der Waals surface area contributed by atoms with Gasteiger partial charge in [0.1, 0.15) is 13.1 Å². The molecule has 1 aromatic carbocycles. The third kappa shape index (κ3) is 5.26. The first-order valence-corrected chi connectivity index (χ1v) is 7.44. The number of urea groups is 2. The van der Waals surface area contributed by atoms with E-state index < -0.39 is 49.0 Å². The van der Waals surface area contributed by atoms with Crippen LogP contribution in [0.2, 0.25) is 0 Å². The minimum atomic E-state index is -4.67. The van der Waals surface area contributed by atoms with Crippen LogP contribution in [0, 0.1) is 0 Å². The van der Waals surface area contributed by atoms with Crippen molar-refractivity contribution in [2.24, 2.45) is 0 Å². The van der Waals surface area contributed by atoms with Crippen molar-refractivity contribution >= 4 is 29.8 Å². The van der Waals surface area contributed by atoms with E-state index in [0.29, 0.717) is 15.4 Å². The van der Waals surface area contributed by atoms with Gasteiger partial charge in [0.15, 0.2) is 0 Å². The van der Waals surface area contributed by atoms with Gasteiger partial charge in [-0.3, -0.25) is 24.6 Å². The van der Waals surface area contributed by atoms with Gasteiger partial charge in [-0.05, 0) is 5.56 Å². The molecule has 0 spiro atoms. The van der Waals surface area contributed by atoms with E-state index in [1.807, 2.05) is 0 Å². The monoisotopic (exact) mass is 386 g/mol. The van der Waals surface area contributed by atoms with Gasteiger partial charge in [-0.1, -0.05) is 30.3 Å². The number of benzene rings is 1. The number of hydrogen-bond donors (Lipinski definition) is 2. The lowest BCUT2D eigenvalue weighted by atomic mass is 10.2. The lowest BCUT2D eigenvalue weighted by Crippen LogP contribution is -2.48. The molecule has 7 amide bonds. The van der Waals surface area contributed by atoms with Gasteiger partial charge in [-0.2, -0.15) is 13.2 Å². The highest BCUT2D eigenvalue weighted by Gasteiger charge is 2.45. The Kier molecular flexibility index (Phi) is 5.78. The van der Waals surface area contributed by atoms with Gasteiger partial charge >= 0.3 is 30.1 Å². The summed E-state index contributed by atoms with van der Waals surface area (Å²) in [6.07, 6.45) is -4.67. The zero-order chi connectivity index (χ0) is 20.2. The molecule has 1 aromatic rings. The summed E-state index contributed by atoms with van der Waals surface area (Å²) in [4.78, 5) is 59.8. The molecule has 9 nitrogen and oxygen atoms in total. The fourth-order valence-electron chi connectivity index (χ4n) is 2.13. The van der Waals surface area contributed by atoms with Gasteiger partial charge in [0.2, 0.25) is 5.91 Å². The summed E-state index contributed by atoms with van der Waals surface area (Å²) in [5, 5.41) is 2.92. The molecule has 0 unspecified atom stereocenters. The van der Waals surface area contributed by atoms with Crippen LogP contribution in [0.15, 0.2) is 30.3 Å². The van der Waals surface area contributed by atoms with Crippen molar-refractivity contribution in [1.29, 1.82) is 0 Å². The number of nitrogens with one attached hydrogen (secondary N) is 2. The Labute approximate surface area is 150 Å². The average Bonchev–Trinajstić information content (AvgIpc) is 2.78. The number of imide groups is 3. The number of rotatable bonds is 5. The summed E-state index contributed by atoms with van der Waals surface area (Å²) < 4.78 is 35.9. The molecule has 1 saturated heterocycles. The molecule has 1 aliphatic rings. The summed E-state index contributed by atoms with van der Waals surface area (Å²) in [6, 6.07) is 5.74. The Morgan fingerprint density at radius 1 is 0.963 bits per heavy atom. The molecule has 144 valence electrons. The summed E-state index contributed by atoms with van der Waals surface area (Å²) in [7, 11) is 0. The molecule has 0 saturated carbocycles. The van der Waals surface area contributed by atoms with Crippen molar-refractivity contribution in [2.75, 3.05) is 13.1 Å². The van der Waals surface area contributed by atoms with Crippen LogP contribution >= 0.6 is 0 Å². The summed E-state index contributed by atoms with van der Waals surface area (Å²) in [5.41, 5.74) is 0.560. The number of carbonyl (C=O) groups is 5. The average molecular weight is 386 g/mol. The minimum Gasteiger partial charge on any atom is -0.329 e. The van der Waals surface area contributed by atoms with Gasteiger partial charge in [-0.15, -0.1) is 0 Å². The molecule has 0 aromatic heterocycles. The minimum absolute atomic E-state index is 0.200. The smallest absolute Gasteiger partial charge is 0.329 e. The van der Waals surface area contributed by atoms with Crippen LogP contribution in [0.4, 0.5) is 22.8 Å². The zero-order valence-electron chi connectivity index (χ0n) is 13.6. The SMILES string of the molecule is O=C(CN1C(=O)C(=O)N(Cc2ccccc2)C1=O)NC(=O)NCC(F)(F)F. The highest BCUT2D eigenvalue weighted by Crippen LogP contribution is 2.15. The first-order valence-electron chi connectivity index (χ1n) is 7.44. The quantitative estimate of drug-likeness (QED) is 0.560. The van der Waals surface area contributed by atoms with Crippen LogP contribution < -0.4 is 10.6 Å². The molecule has 1 fully saturated rings. The number of halogens is 3. The lowest BCUT2D eigenvalue weighted by Gasteiger charge is -2.15. The predicted molar refractivity (Wildman–Crippen MR) is 81.7 cm³/mol. The first-order chi connectivity index (χ1) is 12.6. The molecule has 0 aliphatic carbocycles. The second-order valence-electron chi connectivity index (χ2n) is 5.40. The Morgan fingerprint density at radius 3 is 2.15 bits per heavy atom. The van der Waals surface area contributed by atoms with E-state index >= 15 is 0 Å². The molecule has 2 rings (SSSR count). The number of alkyl halides is 3. The van der Waals surface area contributed by atoms with Crippen molar-refractivity contribution in [1.82, 2.24) is 20.4 Å². The summed E-state index contributed by atoms with van der Waals surface area (Å²) >= 11 is 0. The maximum Gasteiger partial charge on any atom is 0.405 e. The van der Waals surface area contributed by atoms with Crippen molar-refractivity contribution in [3.8, 4) is 0 Å². The van der Waals surface area contributed by atoms with Gasteiger partial charge in [0.25, 0.3) is 0 Å². The Balaban J connectivity index is 1.95. The van der Waals surface area contributed by atoms with Gasteiger partial charge < -0.3 is 5.32 Å². The van der Waals surface area contributed by atoms with Crippen molar-refractivity contribution in [3.05, 3.63) is 35.9 Å². The fourth-order valence-corrected chi connectivity index (χ4v) is 2.13. The second-order valence-corrected chi connectivity index (χ2v) is 5.40. The number of hydrogen-bond acceptors (Lipinski definition) is 5. The molecule has 27 heavy (non-hydrogen) atoms. The van der Waals surface area contributed by atoms with Crippen molar-refractivity contribution in [2.45, 2.75) is 12.7 Å². The maximum absolute atomic E-state index is 12.2. The Hall–Kier alpha value is -3.44. The normalized spacial score (nSPS) is 14.6. The molecule has 0 atom stereocenters. The van der Waals surface area contributed by atoms with E-state index in [1.54, 1.807) is 30.3 Å². The highest BCUT2D eigenvalue weighted by atomic mass is 19.4. The maximum atomic E-state index is 12.2. The molecule has 0 bridgehead atoms. The number of amides is 7. The van der Waals surface area contributed by atoms with E-state index in [9.17, 15) is 37.1 Å². The highest BCUT2D eigenvalue weighted by molar-refractivity contribution is 6.45. The largest absolute Gasteiger partial charge is 0.405 e. The van der Waals surface area contributed by atoms with E-state index in [0.717, 1.165) is 0 Å². The molecule has 1 heterocycles. The van der Waals surface area contributed by atoms with Crippen molar-refractivity contribution < 1.29 is 37.1 Å². The number of nitrogens with zero attached hydrogens (tertiary/aromatic N) is 2. The molecule has 2 N–H and O–H groups in total. The van der Waals surface area contributed by atoms with Crippen LogP contribution in [0.5, 0.6) is 0 Å². The standard InChI is InChI=1S/C15H13F3N4O5/c16-15(17,18)8-19-13(26)20-10(23)7-22-12(25)11(24)21(14(22)27)6-9-4-2-1-3-5-9/h1-5H,6-8H2,(H2,19,20,23,26). The summed E-state index contributed by atoms with van der Waals surface area (Å²) in [6.45, 7) is -2.86. The van der Waals surface area contributed by atoms with Crippen LogP contribution in [0.3, 0.4) is 0 Å². The van der Waals surface area contributed by atoms with Crippen molar-refractivity contribution in [3.63, 3.8) is 0 Å². The molecule has 1 aliphatic heterocycles. The Bertz CT molecular complexity index is 781. The fraction of sp³-hybridized carbons (Fsp3) is 0.267. The van der Waals surface area contributed by atoms with E-state index in [-0.39, 0.29) is 6.54 Å². The van der Waals surface area contributed by atoms with Crippen LogP contribution in [0.1, 0.15) is 5.56 Å². The lowest BCUT2D eigenvalue weighted by molar-refractivity contribution is -0.144. The van der Waals surface area contributed by atoms with Gasteiger partial charge in [0.05, 0.1) is 6.54 Å². The third-order valence-corrected chi connectivity index (χ3v) is 3.32. The predicted octanol–water partition coefficient (Wildman–Crippen LogP) is 0.365. The van der Waals surface area contributed by atoms with Crippen LogP contribution in [-0.2, 0) is 20.9 Å². The third-order valence-electron chi connectivity index (χ3n) is 3.32. The van der Waals surface area contributed by atoms with Crippen LogP contribution in [-0.4, -0.2) is 58.8 Å². The summed E-state index contributed by atoms with van der Waals surface area (Å²) in [5.74, 6) is -3.66.